The van der Waals surface area contributed by atoms with Gasteiger partial charge in [0.2, 0.25) is 0 Å². The second-order valence-corrected chi connectivity index (χ2v) is 6.09. The fraction of sp³-hybridized carbons (Fsp3) is 0.643. The number of esters is 1. The zero-order chi connectivity index (χ0) is 13.6. The van der Waals surface area contributed by atoms with E-state index < -0.39 is 0 Å². The van der Waals surface area contributed by atoms with Gasteiger partial charge < -0.3 is 10.1 Å². The molecule has 1 rings (SSSR count). The lowest BCUT2D eigenvalue weighted by molar-refractivity contribution is -0.147. The van der Waals surface area contributed by atoms with E-state index in [2.05, 4.69) is 36.7 Å². The second-order valence-electron chi connectivity index (χ2n) is 5.15. The van der Waals surface area contributed by atoms with Gasteiger partial charge in [-0.05, 0) is 18.4 Å². The number of thiophene rings is 1. The molecule has 0 fully saturated rings. The van der Waals surface area contributed by atoms with E-state index in [0.29, 0.717) is 13.2 Å². The summed E-state index contributed by atoms with van der Waals surface area (Å²) < 4.78 is 4.98. The van der Waals surface area contributed by atoms with Crippen LogP contribution in [-0.4, -0.2) is 25.7 Å². The van der Waals surface area contributed by atoms with Crippen LogP contribution in [0.2, 0.25) is 0 Å². The molecule has 1 atom stereocenters. The smallest absolute Gasteiger partial charge is 0.309 e. The Bertz CT molecular complexity index is 360. The molecule has 1 aromatic rings. The first-order chi connectivity index (χ1) is 8.47. The van der Waals surface area contributed by atoms with E-state index in [1.807, 2.05) is 13.8 Å². The van der Waals surface area contributed by atoms with Crippen molar-refractivity contribution in [1.29, 1.82) is 0 Å². The van der Waals surface area contributed by atoms with E-state index in [4.69, 9.17) is 4.74 Å². The molecule has 0 radical (unpaired) electrons. The van der Waals surface area contributed by atoms with Crippen molar-refractivity contribution in [3.63, 3.8) is 0 Å². The van der Waals surface area contributed by atoms with Gasteiger partial charge in [0.15, 0.2) is 0 Å². The molecule has 0 aliphatic rings. The molecule has 1 N–H and O–H groups in total. The van der Waals surface area contributed by atoms with Crippen molar-refractivity contribution in [2.75, 3.05) is 19.7 Å². The van der Waals surface area contributed by atoms with Crippen molar-refractivity contribution in [2.45, 2.75) is 33.1 Å². The Labute approximate surface area is 114 Å². The van der Waals surface area contributed by atoms with Crippen LogP contribution in [0.5, 0.6) is 0 Å². The van der Waals surface area contributed by atoms with Crippen LogP contribution in [-0.2, 0) is 14.9 Å². The number of hydrogen-bond acceptors (Lipinski definition) is 4. The van der Waals surface area contributed by atoms with Gasteiger partial charge in [-0.15, -0.1) is 11.3 Å². The number of hydrogen-bond donors (Lipinski definition) is 1. The van der Waals surface area contributed by atoms with E-state index in [0.717, 1.165) is 6.54 Å². The van der Waals surface area contributed by atoms with Gasteiger partial charge in [0.05, 0.1) is 12.5 Å². The molecule has 0 spiro atoms. The van der Waals surface area contributed by atoms with Crippen molar-refractivity contribution < 1.29 is 9.53 Å². The molecule has 0 aromatic carbocycles. The Hall–Kier alpha value is -0.870. The molecule has 3 nitrogen and oxygen atoms in total. The van der Waals surface area contributed by atoms with E-state index in [-0.39, 0.29) is 17.3 Å². The topological polar surface area (TPSA) is 38.3 Å². The minimum Gasteiger partial charge on any atom is -0.466 e. The zero-order valence-electron chi connectivity index (χ0n) is 11.7. The summed E-state index contributed by atoms with van der Waals surface area (Å²) >= 11 is 1.77. The second kappa shape index (κ2) is 6.90. The summed E-state index contributed by atoms with van der Waals surface area (Å²) in [6.45, 7) is 10.1. The highest BCUT2D eigenvalue weighted by molar-refractivity contribution is 7.10. The zero-order valence-corrected chi connectivity index (χ0v) is 12.5. The number of nitrogens with one attached hydrogen (secondary N) is 1. The first-order valence-electron chi connectivity index (χ1n) is 6.38. The maximum atomic E-state index is 11.5. The van der Waals surface area contributed by atoms with Gasteiger partial charge in [-0.2, -0.15) is 0 Å². The summed E-state index contributed by atoms with van der Waals surface area (Å²) in [5.74, 6) is -0.219. The average Bonchev–Trinajstić information content (AvgIpc) is 2.83. The highest BCUT2D eigenvalue weighted by Crippen LogP contribution is 2.26. The molecule has 0 saturated heterocycles. The fourth-order valence-corrected chi connectivity index (χ4v) is 2.57. The third-order valence-corrected chi connectivity index (χ3v) is 4.13. The van der Waals surface area contributed by atoms with E-state index in [1.54, 1.807) is 11.3 Å². The van der Waals surface area contributed by atoms with Crippen molar-refractivity contribution >= 4 is 17.3 Å². The van der Waals surface area contributed by atoms with Crippen LogP contribution in [0.1, 0.15) is 32.6 Å². The van der Waals surface area contributed by atoms with E-state index >= 15 is 0 Å². The molecule has 0 saturated carbocycles. The van der Waals surface area contributed by atoms with Gasteiger partial charge in [0, 0.05) is 23.4 Å². The van der Waals surface area contributed by atoms with Gasteiger partial charge in [0.25, 0.3) is 0 Å². The van der Waals surface area contributed by atoms with Crippen molar-refractivity contribution in [3.8, 4) is 0 Å². The summed E-state index contributed by atoms with van der Waals surface area (Å²) in [4.78, 5) is 12.8. The van der Waals surface area contributed by atoms with Crippen molar-refractivity contribution in [2.24, 2.45) is 5.92 Å². The Kier molecular flexibility index (Phi) is 5.82. The van der Waals surface area contributed by atoms with Crippen LogP contribution in [0.25, 0.3) is 0 Å². The van der Waals surface area contributed by atoms with Crippen LogP contribution in [0.4, 0.5) is 0 Å². The molecule has 102 valence electrons. The SMILES string of the molecule is CCOC(=O)C(C)CNCC(C)(C)c1cccs1. The standard InChI is InChI=1S/C14H23NO2S/c1-5-17-13(16)11(2)9-15-10-14(3,4)12-7-6-8-18-12/h6-8,11,15H,5,9-10H2,1-4H3. The molecule has 18 heavy (non-hydrogen) atoms. The maximum absolute atomic E-state index is 11.5. The van der Waals surface area contributed by atoms with Crippen LogP contribution >= 0.6 is 11.3 Å². The molecule has 0 aliphatic carbocycles. The fourth-order valence-electron chi connectivity index (χ4n) is 1.72. The Morgan fingerprint density at radius 1 is 1.56 bits per heavy atom. The monoisotopic (exact) mass is 269 g/mol. The van der Waals surface area contributed by atoms with Crippen LogP contribution in [0.15, 0.2) is 17.5 Å². The van der Waals surface area contributed by atoms with Crippen LogP contribution < -0.4 is 5.32 Å². The highest BCUT2D eigenvalue weighted by Gasteiger charge is 2.22. The molecular weight excluding hydrogens is 246 g/mol. The molecule has 1 heterocycles. The van der Waals surface area contributed by atoms with Gasteiger partial charge in [-0.25, -0.2) is 0 Å². The Balaban J connectivity index is 2.35. The molecule has 1 aromatic heterocycles. The summed E-state index contributed by atoms with van der Waals surface area (Å²) in [6.07, 6.45) is 0. The summed E-state index contributed by atoms with van der Waals surface area (Å²) in [5.41, 5.74) is 0.0997. The van der Waals surface area contributed by atoms with Crippen LogP contribution in [0.3, 0.4) is 0 Å². The minimum atomic E-state index is -0.126. The molecule has 0 amide bonds. The minimum absolute atomic E-state index is 0.0934. The number of rotatable bonds is 7. The number of carbonyl (C=O) groups excluding carboxylic acids is 1. The number of carbonyl (C=O) groups is 1. The normalized spacial score (nSPS) is 13.3. The third kappa shape index (κ3) is 4.42. The van der Waals surface area contributed by atoms with Crippen LogP contribution in [0, 0.1) is 5.92 Å². The maximum Gasteiger partial charge on any atom is 0.309 e. The summed E-state index contributed by atoms with van der Waals surface area (Å²) in [6, 6.07) is 4.23. The molecule has 1 unspecified atom stereocenters. The van der Waals surface area contributed by atoms with Gasteiger partial charge in [-0.1, -0.05) is 26.8 Å². The number of ether oxygens (including phenoxy) is 1. The first-order valence-corrected chi connectivity index (χ1v) is 7.26. The Morgan fingerprint density at radius 3 is 2.83 bits per heavy atom. The quantitative estimate of drug-likeness (QED) is 0.774. The van der Waals surface area contributed by atoms with Gasteiger partial charge >= 0.3 is 5.97 Å². The average molecular weight is 269 g/mol. The molecule has 0 aliphatic heterocycles. The molecular formula is C14H23NO2S. The van der Waals surface area contributed by atoms with Crippen molar-refractivity contribution in [1.82, 2.24) is 5.32 Å². The predicted octanol–water partition coefficient (Wildman–Crippen LogP) is 2.81. The van der Waals surface area contributed by atoms with E-state index in [9.17, 15) is 4.79 Å². The predicted molar refractivity (Wildman–Crippen MR) is 76.0 cm³/mol. The summed E-state index contributed by atoms with van der Waals surface area (Å²) in [5, 5.41) is 5.45. The third-order valence-electron chi connectivity index (χ3n) is 2.89. The molecule has 0 bridgehead atoms. The summed E-state index contributed by atoms with van der Waals surface area (Å²) in [7, 11) is 0. The Morgan fingerprint density at radius 2 is 2.28 bits per heavy atom. The van der Waals surface area contributed by atoms with Crippen molar-refractivity contribution in [3.05, 3.63) is 22.4 Å². The van der Waals surface area contributed by atoms with Gasteiger partial charge in [0.1, 0.15) is 0 Å². The first kappa shape index (κ1) is 15.2. The lowest BCUT2D eigenvalue weighted by Crippen LogP contribution is -2.36. The largest absolute Gasteiger partial charge is 0.466 e. The lowest BCUT2D eigenvalue weighted by atomic mass is 9.91. The molecule has 4 heteroatoms. The van der Waals surface area contributed by atoms with E-state index in [1.165, 1.54) is 4.88 Å². The van der Waals surface area contributed by atoms with Gasteiger partial charge in [-0.3, -0.25) is 4.79 Å². The highest BCUT2D eigenvalue weighted by atomic mass is 32.1. The lowest BCUT2D eigenvalue weighted by Gasteiger charge is -2.24.